The van der Waals surface area contributed by atoms with Gasteiger partial charge in [-0.1, -0.05) is 30.3 Å². The van der Waals surface area contributed by atoms with Crippen LogP contribution in [0.1, 0.15) is 18.9 Å². The van der Waals surface area contributed by atoms with Crippen molar-refractivity contribution < 1.29 is 9.53 Å². The van der Waals surface area contributed by atoms with Gasteiger partial charge in [-0.25, -0.2) is 0 Å². The molecule has 4 nitrogen and oxygen atoms in total. The number of esters is 1. The Morgan fingerprint density at radius 2 is 2.00 bits per heavy atom. The summed E-state index contributed by atoms with van der Waals surface area (Å²) in [6.07, 6.45) is 0.135. The fraction of sp³-hybridized carbons (Fsp3) is 0.417. The van der Waals surface area contributed by atoms with Gasteiger partial charge in [-0.15, -0.1) is 0 Å². The summed E-state index contributed by atoms with van der Waals surface area (Å²) in [4.78, 5) is 11.4. The Bertz CT molecular complexity index is 336. The maximum Gasteiger partial charge on any atom is 0.308 e. The van der Waals surface area contributed by atoms with Gasteiger partial charge >= 0.3 is 5.97 Å². The van der Waals surface area contributed by atoms with Crippen LogP contribution < -0.4 is 11.5 Å². The maximum absolute atomic E-state index is 11.4. The SMILES string of the molecule is CC(N)(CN)CC(=O)OCc1ccccc1. The fourth-order valence-corrected chi connectivity index (χ4v) is 1.19. The average molecular weight is 222 g/mol. The van der Waals surface area contributed by atoms with Crippen molar-refractivity contribution in [2.75, 3.05) is 6.54 Å². The van der Waals surface area contributed by atoms with Crippen LogP contribution in [0, 0.1) is 0 Å². The zero-order valence-electron chi connectivity index (χ0n) is 9.48. The zero-order chi connectivity index (χ0) is 12.0. The van der Waals surface area contributed by atoms with Gasteiger partial charge in [0.1, 0.15) is 6.61 Å². The number of rotatable bonds is 5. The molecule has 0 amide bonds. The third-order valence-electron chi connectivity index (χ3n) is 2.26. The van der Waals surface area contributed by atoms with Gasteiger partial charge in [-0.2, -0.15) is 0 Å². The Balaban J connectivity index is 2.36. The summed E-state index contributed by atoms with van der Waals surface area (Å²) < 4.78 is 5.09. The lowest BCUT2D eigenvalue weighted by atomic mass is 10.0. The lowest BCUT2D eigenvalue weighted by Gasteiger charge is -2.20. The van der Waals surface area contributed by atoms with E-state index in [9.17, 15) is 4.79 Å². The minimum absolute atomic E-state index is 0.135. The van der Waals surface area contributed by atoms with Crippen LogP contribution >= 0.6 is 0 Å². The number of hydrogen-bond acceptors (Lipinski definition) is 4. The minimum atomic E-state index is -0.687. The first-order chi connectivity index (χ1) is 7.53. The third kappa shape index (κ3) is 4.42. The molecule has 1 aromatic rings. The predicted molar refractivity (Wildman–Crippen MR) is 62.5 cm³/mol. The van der Waals surface area contributed by atoms with Gasteiger partial charge in [0.05, 0.1) is 6.42 Å². The number of carbonyl (C=O) groups is 1. The van der Waals surface area contributed by atoms with Crippen molar-refractivity contribution in [3.05, 3.63) is 35.9 Å². The summed E-state index contributed by atoms with van der Waals surface area (Å²) in [6.45, 7) is 2.27. The Morgan fingerprint density at radius 1 is 1.38 bits per heavy atom. The van der Waals surface area contributed by atoms with Crippen molar-refractivity contribution in [1.29, 1.82) is 0 Å². The predicted octanol–water partition coefficient (Wildman–Crippen LogP) is 0.796. The van der Waals surface area contributed by atoms with Gasteiger partial charge < -0.3 is 16.2 Å². The second kappa shape index (κ2) is 5.63. The van der Waals surface area contributed by atoms with Crippen molar-refractivity contribution in [2.45, 2.75) is 25.5 Å². The highest BCUT2D eigenvalue weighted by Gasteiger charge is 2.21. The molecule has 0 saturated heterocycles. The van der Waals surface area contributed by atoms with Crippen LogP contribution in [0.3, 0.4) is 0 Å². The second-order valence-electron chi connectivity index (χ2n) is 4.18. The van der Waals surface area contributed by atoms with Gasteiger partial charge in [0.15, 0.2) is 0 Å². The van der Waals surface area contributed by atoms with Gasteiger partial charge in [0.25, 0.3) is 0 Å². The van der Waals surface area contributed by atoms with E-state index in [0.717, 1.165) is 5.56 Å². The number of ether oxygens (including phenoxy) is 1. The summed E-state index contributed by atoms with van der Waals surface area (Å²) in [5.74, 6) is -0.320. The Labute approximate surface area is 95.6 Å². The Kier molecular flexibility index (Phi) is 4.46. The quantitative estimate of drug-likeness (QED) is 0.722. The van der Waals surface area contributed by atoms with Crippen LogP contribution in [-0.4, -0.2) is 18.1 Å². The second-order valence-corrected chi connectivity index (χ2v) is 4.18. The molecule has 0 heterocycles. The summed E-state index contributed by atoms with van der Waals surface area (Å²) in [5.41, 5.74) is 11.5. The molecular formula is C12H18N2O2. The van der Waals surface area contributed by atoms with Crippen molar-refractivity contribution in [2.24, 2.45) is 11.5 Å². The molecule has 0 fully saturated rings. The highest BCUT2D eigenvalue weighted by molar-refractivity contribution is 5.70. The molecule has 1 aromatic carbocycles. The van der Waals surface area contributed by atoms with Crippen molar-refractivity contribution in [3.63, 3.8) is 0 Å². The first kappa shape index (κ1) is 12.7. The lowest BCUT2D eigenvalue weighted by Crippen LogP contribution is -2.45. The van der Waals surface area contributed by atoms with Crippen LogP contribution in [0.2, 0.25) is 0 Å². The molecule has 0 aromatic heterocycles. The summed E-state index contributed by atoms with van der Waals surface area (Å²) in [7, 11) is 0. The Morgan fingerprint density at radius 3 is 2.56 bits per heavy atom. The van der Waals surface area contributed by atoms with E-state index in [4.69, 9.17) is 16.2 Å². The first-order valence-corrected chi connectivity index (χ1v) is 5.22. The maximum atomic E-state index is 11.4. The number of benzene rings is 1. The van der Waals surface area contributed by atoms with Gasteiger partial charge in [0.2, 0.25) is 0 Å². The largest absolute Gasteiger partial charge is 0.461 e. The molecule has 0 aliphatic rings. The van der Waals surface area contributed by atoms with E-state index in [1.165, 1.54) is 0 Å². The molecule has 0 aliphatic carbocycles. The number of nitrogens with two attached hydrogens (primary N) is 2. The zero-order valence-corrected chi connectivity index (χ0v) is 9.48. The summed E-state index contributed by atoms with van der Waals surface area (Å²) in [5, 5.41) is 0. The molecule has 0 aliphatic heterocycles. The molecule has 16 heavy (non-hydrogen) atoms. The Hall–Kier alpha value is -1.39. The molecule has 0 radical (unpaired) electrons. The van der Waals surface area contributed by atoms with Gasteiger partial charge in [0, 0.05) is 12.1 Å². The highest BCUT2D eigenvalue weighted by atomic mass is 16.5. The van der Waals surface area contributed by atoms with Crippen LogP contribution in [0.25, 0.3) is 0 Å². The molecule has 1 atom stereocenters. The van der Waals surface area contributed by atoms with Crippen LogP contribution in [0.15, 0.2) is 30.3 Å². The van der Waals surface area contributed by atoms with Crippen molar-refractivity contribution >= 4 is 5.97 Å². The van der Waals surface area contributed by atoms with E-state index >= 15 is 0 Å². The smallest absolute Gasteiger partial charge is 0.308 e. The molecule has 0 spiro atoms. The number of hydrogen-bond donors (Lipinski definition) is 2. The van der Waals surface area contributed by atoms with Gasteiger partial charge in [-0.3, -0.25) is 4.79 Å². The molecule has 88 valence electrons. The standard InChI is InChI=1S/C12H18N2O2/c1-12(14,9-13)7-11(15)16-8-10-5-3-2-4-6-10/h2-6H,7-9,13-14H2,1H3. The average Bonchev–Trinajstić information content (AvgIpc) is 2.27. The third-order valence-corrected chi connectivity index (χ3v) is 2.26. The van der Waals surface area contributed by atoms with Crippen molar-refractivity contribution in [1.82, 2.24) is 0 Å². The molecule has 0 saturated carbocycles. The molecule has 4 N–H and O–H groups in total. The van der Waals surface area contributed by atoms with Crippen LogP contribution in [0.5, 0.6) is 0 Å². The molecule has 0 bridgehead atoms. The fourth-order valence-electron chi connectivity index (χ4n) is 1.19. The van der Waals surface area contributed by atoms with E-state index in [1.54, 1.807) is 6.92 Å². The lowest BCUT2D eigenvalue weighted by molar-refractivity contribution is -0.146. The van der Waals surface area contributed by atoms with Crippen LogP contribution in [-0.2, 0) is 16.1 Å². The molecule has 1 rings (SSSR count). The van der Waals surface area contributed by atoms with Crippen molar-refractivity contribution in [3.8, 4) is 0 Å². The van der Waals surface area contributed by atoms with Gasteiger partial charge in [-0.05, 0) is 12.5 Å². The highest BCUT2D eigenvalue weighted by Crippen LogP contribution is 2.07. The minimum Gasteiger partial charge on any atom is -0.461 e. The van der Waals surface area contributed by atoms with E-state index in [2.05, 4.69) is 0 Å². The first-order valence-electron chi connectivity index (χ1n) is 5.22. The normalized spacial score (nSPS) is 14.2. The molecule has 1 unspecified atom stereocenters. The molecule has 4 heteroatoms. The van der Waals surface area contributed by atoms with E-state index in [1.807, 2.05) is 30.3 Å². The van der Waals surface area contributed by atoms with E-state index in [0.29, 0.717) is 0 Å². The summed E-state index contributed by atoms with van der Waals surface area (Å²) in [6, 6.07) is 9.51. The summed E-state index contributed by atoms with van der Waals surface area (Å²) >= 11 is 0. The topological polar surface area (TPSA) is 78.3 Å². The number of carbonyl (C=O) groups excluding carboxylic acids is 1. The van der Waals surface area contributed by atoms with Crippen LogP contribution in [0.4, 0.5) is 0 Å². The van der Waals surface area contributed by atoms with E-state index in [-0.39, 0.29) is 25.5 Å². The van der Waals surface area contributed by atoms with E-state index < -0.39 is 5.54 Å². The monoisotopic (exact) mass is 222 g/mol. The molecular weight excluding hydrogens is 204 g/mol.